The average molecular weight is 554 g/mol. The standard InChI is InChI=1S/C29H39N5O6/c30-15-5-4-9-22(31)26(36)32-23(17-19-7-2-1-3-8-19)28(38)34-16-6-10-25(34)27(37)33-24(29(39)40)18-20-11-13-21(35)14-12-20/h1-3,7-8,11-14,22-25,35H,4-6,9-10,15-18,30-31H2,(H,32,36)(H,33,37)(H,39,40). The molecule has 0 radical (unpaired) electrons. The van der Waals surface area contributed by atoms with Crippen LogP contribution in [0.1, 0.15) is 43.2 Å². The number of nitrogens with one attached hydrogen (secondary N) is 2. The lowest BCUT2D eigenvalue weighted by atomic mass is 10.0. The van der Waals surface area contributed by atoms with Crippen molar-refractivity contribution in [2.24, 2.45) is 11.5 Å². The highest BCUT2D eigenvalue weighted by Gasteiger charge is 2.39. The highest BCUT2D eigenvalue weighted by atomic mass is 16.4. The largest absolute Gasteiger partial charge is 0.508 e. The molecule has 216 valence electrons. The smallest absolute Gasteiger partial charge is 0.326 e. The minimum Gasteiger partial charge on any atom is -0.508 e. The Bertz CT molecular complexity index is 1140. The van der Waals surface area contributed by atoms with Gasteiger partial charge in [0.05, 0.1) is 6.04 Å². The summed E-state index contributed by atoms with van der Waals surface area (Å²) in [6.07, 6.45) is 3.01. The Morgan fingerprint density at radius 1 is 0.925 bits per heavy atom. The number of carboxylic acid groups (broad SMARTS) is 1. The first-order valence-electron chi connectivity index (χ1n) is 13.6. The molecule has 0 saturated carbocycles. The number of carbonyl (C=O) groups excluding carboxylic acids is 3. The predicted octanol–water partition coefficient (Wildman–Crippen LogP) is 0.679. The Balaban J connectivity index is 1.73. The summed E-state index contributed by atoms with van der Waals surface area (Å²) < 4.78 is 0. The maximum absolute atomic E-state index is 13.8. The van der Waals surface area contributed by atoms with Crippen LogP contribution in [0, 0.1) is 0 Å². The van der Waals surface area contributed by atoms with Crippen LogP contribution in [0.3, 0.4) is 0 Å². The first-order valence-corrected chi connectivity index (χ1v) is 13.6. The maximum atomic E-state index is 13.8. The van der Waals surface area contributed by atoms with Gasteiger partial charge < -0.3 is 37.2 Å². The van der Waals surface area contributed by atoms with Crippen LogP contribution in [0.4, 0.5) is 0 Å². The number of aromatic hydroxyl groups is 1. The summed E-state index contributed by atoms with van der Waals surface area (Å²) in [4.78, 5) is 53.2. The zero-order chi connectivity index (χ0) is 29.1. The average Bonchev–Trinajstić information content (AvgIpc) is 3.44. The fraction of sp³-hybridized carbons (Fsp3) is 0.448. The molecule has 2 aromatic rings. The lowest BCUT2D eigenvalue weighted by Gasteiger charge is -2.30. The van der Waals surface area contributed by atoms with Crippen molar-refractivity contribution in [1.82, 2.24) is 15.5 Å². The Kier molecular flexibility index (Phi) is 11.5. The van der Waals surface area contributed by atoms with Crippen molar-refractivity contribution in [3.8, 4) is 5.75 Å². The number of benzene rings is 2. The van der Waals surface area contributed by atoms with E-state index < -0.39 is 47.9 Å². The Labute approximate surface area is 233 Å². The van der Waals surface area contributed by atoms with Crippen LogP contribution < -0.4 is 22.1 Å². The molecule has 1 aliphatic heterocycles. The minimum atomic E-state index is -1.22. The van der Waals surface area contributed by atoms with Crippen LogP contribution in [0.2, 0.25) is 0 Å². The lowest BCUT2D eigenvalue weighted by molar-refractivity contribution is -0.144. The van der Waals surface area contributed by atoms with E-state index in [-0.39, 0.29) is 18.6 Å². The molecule has 1 aliphatic rings. The van der Waals surface area contributed by atoms with E-state index in [2.05, 4.69) is 10.6 Å². The van der Waals surface area contributed by atoms with Crippen molar-refractivity contribution >= 4 is 23.7 Å². The number of carbonyl (C=O) groups is 4. The normalized spacial score (nSPS) is 17.1. The number of nitrogens with two attached hydrogens (primary N) is 2. The third-order valence-electron chi connectivity index (χ3n) is 7.03. The van der Waals surface area contributed by atoms with E-state index in [1.54, 1.807) is 12.1 Å². The summed E-state index contributed by atoms with van der Waals surface area (Å²) in [5.74, 6) is -2.61. The number of amides is 3. The molecule has 11 nitrogen and oxygen atoms in total. The van der Waals surface area contributed by atoms with Gasteiger partial charge in [0.25, 0.3) is 0 Å². The molecule has 11 heteroatoms. The second-order valence-corrected chi connectivity index (χ2v) is 10.1. The van der Waals surface area contributed by atoms with E-state index in [9.17, 15) is 29.4 Å². The molecule has 0 bridgehead atoms. The van der Waals surface area contributed by atoms with Gasteiger partial charge in [0.1, 0.15) is 23.9 Å². The number of phenolic OH excluding ortho intramolecular Hbond substituents is 1. The molecular weight excluding hydrogens is 514 g/mol. The Morgan fingerprint density at radius 2 is 1.57 bits per heavy atom. The fourth-order valence-corrected chi connectivity index (χ4v) is 4.81. The maximum Gasteiger partial charge on any atom is 0.326 e. The molecule has 1 fully saturated rings. The number of hydrogen-bond donors (Lipinski definition) is 6. The number of phenols is 1. The number of unbranched alkanes of at least 4 members (excludes halogenated alkanes) is 1. The molecule has 1 heterocycles. The third-order valence-corrected chi connectivity index (χ3v) is 7.03. The van der Waals surface area contributed by atoms with Crippen molar-refractivity contribution in [2.75, 3.05) is 13.1 Å². The second-order valence-electron chi connectivity index (χ2n) is 10.1. The number of rotatable bonds is 14. The summed E-state index contributed by atoms with van der Waals surface area (Å²) in [6, 6.07) is 11.4. The van der Waals surface area contributed by atoms with Gasteiger partial charge in [0.2, 0.25) is 17.7 Å². The predicted molar refractivity (Wildman–Crippen MR) is 149 cm³/mol. The molecule has 0 aromatic heterocycles. The molecule has 40 heavy (non-hydrogen) atoms. The molecule has 1 saturated heterocycles. The zero-order valence-corrected chi connectivity index (χ0v) is 22.5. The first-order chi connectivity index (χ1) is 19.2. The number of carboxylic acids is 1. The molecule has 8 N–H and O–H groups in total. The minimum absolute atomic E-state index is 0.0107. The molecule has 0 aliphatic carbocycles. The molecule has 3 rings (SSSR count). The van der Waals surface area contributed by atoms with Crippen LogP contribution in [-0.2, 0) is 32.0 Å². The molecule has 4 atom stereocenters. The van der Waals surface area contributed by atoms with Crippen molar-refractivity contribution in [2.45, 2.75) is 69.1 Å². The number of hydrogen-bond acceptors (Lipinski definition) is 7. The SMILES string of the molecule is NCCCCC(N)C(=O)NC(Cc1ccccc1)C(=O)N1CCCC1C(=O)NC(Cc1ccc(O)cc1)C(=O)O. The molecule has 3 amide bonds. The van der Waals surface area contributed by atoms with Gasteiger partial charge in [-0.25, -0.2) is 4.79 Å². The van der Waals surface area contributed by atoms with Crippen molar-refractivity contribution in [1.29, 1.82) is 0 Å². The van der Waals surface area contributed by atoms with Crippen LogP contribution >= 0.6 is 0 Å². The van der Waals surface area contributed by atoms with E-state index in [0.717, 1.165) is 12.0 Å². The summed E-state index contributed by atoms with van der Waals surface area (Å²) in [5.41, 5.74) is 13.1. The highest BCUT2D eigenvalue weighted by molar-refractivity contribution is 5.94. The molecule has 0 spiro atoms. The van der Waals surface area contributed by atoms with Gasteiger partial charge in [-0.15, -0.1) is 0 Å². The van der Waals surface area contributed by atoms with Crippen molar-refractivity contribution in [3.63, 3.8) is 0 Å². The Morgan fingerprint density at radius 3 is 2.23 bits per heavy atom. The van der Waals surface area contributed by atoms with Crippen LogP contribution in [0.5, 0.6) is 5.75 Å². The molecule has 2 aromatic carbocycles. The summed E-state index contributed by atoms with van der Waals surface area (Å²) in [6.45, 7) is 0.801. The van der Waals surface area contributed by atoms with Crippen LogP contribution in [-0.4, -0.2) is 76.1 Å². The van der Waals surface area contributed by atoms with Crippen molar-refractivity contribution < 1.29 is 29.4 Å². The monoisotopic (exact) mass is 553 g/mol. The van der Waals surface area contributed by atoms with Crippen molar-refractivity contribution in [3.05, 3.63) is 65.7 Å². The number of nitrogens with zero attached hydrogens (tertiary/aromatic N) is 1. The van der Waals surface area contributed by atoms with E-state index in [1.165, 1.54) is 17.0 Å². The van der Waals surface area contributed by atoms with Gasteiger partial charge in [0, 0.05) is 19.4 Å². The van der Waals surface area contributed by atoms with Gasteiger partial charge in [-0.1, -0.05) is 48.9 Å². The molecular formula is C29H39N5O6. The van der Waals surface area contributed by atoms with Gasteiger partial charge >= 0.3 is 5.97 Å². The summed E-state index contributed by atoms with van der Waals surface area (Å²) in [5, 5.41) is 24.6. The molecule has 4 unspecified atom stereocenters. The topological polar surface area (TPSA) is 188 Å². The Hall–Kier alpha value is -3.96. The summed E-state index contributed by atoms with van der Waals surface area (Å²) in [7, 11) is 0. The van der Waals surface area contributed by atoms with Gasteiger partial charge in [0.15, 0.2) is 0 Å². The van der Waals surface area contributed by atoms with Crippen LogP contribution in [0.15, 0.2) is 54.6 Å². The van der Waals surface area contributed by atoms with Gasteiger partial charge in [-0.3, -0.25) is 14.4 Å². The van der Waals surface area contributed by atoms with E-state index in [0.29, 0.717) is 44.3 Å². The second kappa shape index (κ2) is 15.0. The zero-order valence-electron chi connectivity index (χ0n) is 22.5. The third kappa shape index (κ3) is 8.78. The van der Waals surface area contributed by atoms with E-state index in [4.69, 9.17) is 11.5 Å². The number of aliphatic carboxylic acids is 1. The first kappa shape index (κ1) is 30.6. The number of likely N-dealkylation sites (tertiary alicyclic amines) is 1. The van der Waals surface area contributed by atoms with Gasteiger partial charge in [-0.05, 0) is 55.5 Å². The fourth-order valence-electron chi connectivity index (χ4n) is 4.81. The quantitative estimate of drug-likeness (QED) is 0.184. The highest BCUT2D eigenvalue weighted by Crippen LogP contribution is 2.21. The van der Waals surface area contributed by atoms with E-state index in [1.807, 2.05) is 30.3 Å². The summed E-state index contributed by atoms with van der Waals surface area (Å²) >= 11 is 0. The van der Waals surface area contributed by atoms with Crippen LogP contribution in [0.25, 0.3) is 0 Å². The lowest BCUT2D eigenvalue weighted by Crippen LogP contribution is -2.57. The van der Waals surface area contributed by atoms with E-state index >= 15 is 0 Å². The van der Waals surface area contributed by atoms with Gasteiger partial charge in [-0.2, -0.15) is 0 Å².